The molecule has 8 heteroatoms. The molecule has 0 saturated carbocycles. The van der Waals surface area contributed by atoms with Crippen LogP contribution in [0.1, 0.15) is 39.5 Å². The molecule has 30 heavy (non-hydrogen) atoms. The summed E-state index contributed by atoms with van der Waals surface area (Å²) in [5.74, 6) is -0.217. The fourth-order valence-electron chi connectivity index (χ4n) is 3.73. The average molecular weight is 424 g/mol. The van der Waals surface area contributed by atoms with Gasteiger partial charge in [0.15, 0.2) is 0 Å². The van der Waals surface area contributed by atoms with Crippen LogP contribution in [0.4, 0.5) is 11.4 Å². The zero-order chi connectivity index (χ0) is 21.4. The highest BCUT2D eigenvalue weighted by Crippen LogP contribution is 2.29. The Hall–Kier alpha value is -3.00. The van der Waals surface area contributed by atoms with Crippen molar-refractivity contribution in [2.75, 3.05) is 23.3 Å². The molecule has 3 aromatic rings. The van der Waals surface area contributed by atoms with Crippen molar-refractivity contribution in [2.45, 2.75) is 33.6 Å². The molecule has 0 unspecified atom stereocenters. The molecule has 2 aromatic heterocycles. The molecular formula is C22H25N5O2S. The Kier molecular flexibility index (Phi) is 5.42. The van der Waals surface area contributed by atoms with Crippen molar-refractivity contribution in [3.8, 4) is 10.6 Å². The minimum Gasteiger partial charge on any atom is -0.372 e. The van der Waals surface area contributed by atoms with Gasteiger partial charge in [0, 0.05) is 31.5 Å². The van der Waals surface area contributed by atoms with E-state index in [9.17, 15) is 9.59 Å². The molecule has 3 heterocycles. The van der Waals surface area contributed by atoms with Gasteiger partial charge in [-0.05, 0) is 63.4 Å². The topological polar surface area (TPSA) is 80.1 Å². The number of anilines is 2. The molecule has 0 spiro atoms. The lowest BCUT2D eigenvalue weighted by atomic mass is 10.1. The summed E-state index contributed by atoms with van der Waals surface area (Å²) >= 11 is 1.24. The summed E-state index contributed by atoms with van der Waals surface area (Å²) in [5, 5.41) is 7.71. The van der Waals surface area contributed by atoms with Crippen molar-refractivity contribution in [3.63, 3.8) is 0 Å². The van der Waals surface area contributed by atoms with Crippen LogP contribution in [0.3, 0.4) is 0 Å². The van der Waals surface area contributed by atoms with Crippen LogP contribution < -0.4 is 15.8 Å². The molecule has 7 nitrogen and oxygen atoms in total. The van der Waals surface area contributed by atoms with Crippen LogP contribution >= 0.6 is 11.3 Å². The number of hydrogen-bond acceptors (Lipinski definition) is 6. The Morgan fingerprint density at radius 3 is 2.40 bits per heavy atom. The number of nitrogens with one attached hydrogen (secondary N) is 1. The molecule has 1 saturated heterocycles. The lowest BCUT2D eigenvalue weighted by molar-refractivity contribution is 0.103. The third-order valence-electron chi connectivity index (χ3n) is 5.54. The fraction of sp³-hybridized carbons (Fsp3) is 0.364. The molecule has 0 bridgehead atoms. The molecule has 1 amide bonds. The molecule has 1 fully saturated rings. The summed E-state index contributed by atoms with van der Waals surface area (Å²) in [6.07, 6.45) is 2.45. The Morgan fingerprint density at radius 2 is 1.73 bits per heavy atom. The van der Waals surface area contributed by atoms with Gasteiger partial charge in [0.05, 0.1) is 17.0 Å². The summed E-state index contributed by atoms with van der Waals surface area (Å²) in [5.41, 5.74) is 4.38. The van der Waals surface area contributed by atoms with Crippen molar-refractivity contribution in [3.05, 3.63) is 56.4 Å². The minimum absolute atomic E-state index is 0.212. The van der Waals surface area contributed by atoms with Crippen molar-refractivity contribution >= 4 is 28.6 Å². The third-order valence-corrected chi connectivity index (χ3v) is 6.71. The highest BCUT2D eigenvalue weighted by Gasteiger charge is 2.21. The minimum atomic E-state index is -0.217. The van der Waals surface area contributed by atoms with E-state index < -0.39 is 0 Å². The zero-order valence-corrected chi connectivity index (χ0v) is 18.5. The van der Waals surface area contributed by atoms with Crippen molar-refractivity contribution in [2.24, 2.45) is 7.05 Å². The van der Waals surface area contributed by atoms with E-state index in [1.807, 2.05) is 38.1 Å². The largest absolute Gasteiger partial charge is 0.372 e. The van der Waals surface area contributed by atoms with Crippen LogP contribution in [-0.2, 0) is 7.05 Å². The Bertz CT molecular complexity index is 1160. The number of nitrogens with zero attached hydrogens (tertiary/aromatic N) is 4. The highest BCUT2D eigenvalue weighted by molar-refractivity contribution is 7.17. The number of amides is 1. The lowest BCUT2D eigenvalue weighted by Crippen LogP contribution is -2.23. The zero-order valence-electron chi connectivity index (χ0n) is 17.7. The second kappa shape index (κ2) is 8.02. The SMILES string of the molecule is Cc1nc(-c2c(C)c(C)nn(C)c2=O)sc1C(=O)Nc1ccc(N2CCCC2)cc1. The van der Waals surface area contributed by atoms with Gasteiger partial charge in [0.1, 0.15) is 9.88 Å². The maximum atomic E-state index is 12.9. The Balaban J connectivity index is 1.58. The van der Waals surface area contributed by atoms with Crippen LogP contribution in [0.25, 0.3) is 10.6 Å². The first-order valence-corrected chi connectivity index (χ1v) is 10.9. The van der Waals surface area contributed by atoms with Gasteiger partial charge >= 0.3 is 0 Å². The van der Waals surface area contributed by atoms with E-state index in [4.69, 9.17) is 0 Å². The van der Waals surface area contributed by atoms with Gasteiger partial charge in [0.25, 0.3) is 11.5 Å². The number of aromatic nitrogens is 3. The molecule has 1 aromatic carbocycles. The first-order valence-electron chi connectivity index (χ1n) is 10.0. The van der Waals surface area contributed by atoms with Gasteiger partial charge in [-0.3, -0.25) is 9.59 Å². The van der Waals surface area contributed by atoms with E-state index >= 15 is 0 Å². The van der Waals surface area contributed by atoms with Crippen LogP contribution in [-0.4, -0.2) is 33.8 Å². The fourth-order valence-corrected chi connectivity index (χ4v) is 4.79. The maximum Gasteiger partial charge on any atom is 0.277 e. The van der Waals surface area contributed by atoms with Gasteiger partial charge in [-0.1, -0.05) is 0 Å². The third kappa shape index (κ3) is 3.75. The predicted octanol–water partition coefficient (Wildman–Crippen LogP) is 3.68. The molecule has 156 valence electrons. The summed E-state index contributed by atoms with van der Waals surface area (Å²) in [7, 11) is 1.62. The Morgan fingerprint density at radius 1 is 1.07 bits per heavy atom. The second-order valence-electron chi connectivity index (χ2n) is 7.64. The summed E-state index contributed by atoms with van der Waals surface area (Å²) in [4.78, 5) is 32.9. The van der Waals surface area contributed by atoms with Crippen LogP contribution in [0.15, 0.2) is 29.1 Å². The normalized spacial score (nSPS) is 13.7. The van der Waals surface area contributed by atoms with Crippen LogP contribution in [0, 0.1) is 20.8 Å². The van der Waals surface area contributed by atoms with Crippen molar-refractivity contribution in [1.29, 1.82) is 0 Å². The number of hydrogen-bond donors (Lipinski definition) is 1. The highest BCUT2D eigenvalue weighted by atomic mass is 32.1. The van der Waals surface area contributed by atoms with Crippen LogP contribution in [0.5, 0.6) is 0 Å². The maximum absolute atomic E-state index is 12.9. The Labute approximate surface area is 179 Å². The van der Waals surface area contributed by atoms with Gasteiger partial charge in [-0.15, -0.1) is 11.3 Å². The number of aryl methyl sites for hydroxylation is 3. The molecule has 1 aliphatic heterocycles. The molecule has 0 aliphatic carbocycles. The number of rotatable bonds is 4. The van der Waals surface area contributed by atoms with E-state index in [-0.39, 0.29) is 11.5 Å². The second-order valence-corrected chi connectivity index (χ2v) is 8.64. The molecule has 0 atom stereocenters. The number of benzene rings is 1. The number of carbonyl (C=O) groups excluding carboxylic acids is 1. The van der Waals surface area contributed by atoms with E-state index in [0.717, 1.165) is 30.0 Å². The summed E-state index contributed by atoms with van der Waals surface area (Å²) in [6.45, 7) is 7.68. The number of carbonyl (C=O) groups is 1. The monoisotopic (exact) mass is 423 g/mol. The standard InChI is InChI=1S/C22H25N5O2S/c1-13-14(2)25-26(4)22(29)18(13)21-23-15(3)19(30-21)20(28)24-16-7-9-17(10-8-16)27-11-5-6-12-27/h7-10H,5-6,11-12H2,1-4H3,(H,24,28). The van der Waals surface area contributed by atoms with Gasteiger partial charge in [0.2, 0.25) is 0 Å². The summed E-state index contributed by atoms with van der Waals surface area (Å²) < 4.78 is 1.32. The lowest BCUT2D eigenvalue weighted by Gasteiger charge is -2.17. The van der Waals surface area contributed by atoms with E-state index in [2.05, 4.69) is 20.3 Å². The first-order chi connectivity index (χ1) is 14.3. The molecule has 0 radical (unpaired) electrons. The van der Waals surface area contributed by atoms with Gasteiger partial charge in [-0.2, -0.15) is 5.10 Å². The molecule has 1 N–H and O–H groups in total. The van der Waals surface area contributed by atoms with Gasteiger partial charge in [-0.25, -0.2) is 9.67 Å². The molecule has 4 rings (SSSR count). The molecular weight excluding hydrogens is 398 g/mol. The average Bonchev–Trinajstić information content (AvgIpc) is 3.37. The van der Waals surface area contributed by atoms with Crippen LogP contribution in [0.2, 0.25) is 0 Å². The van der Waals surface area contributed by atoms with Crippen molar-refractivity contribution in [1.82, 2.24) is 14.8 Å². The van der Waals surface area contributed by atoms with E-state index in [1.165, 1.54) is 34.5 Å². The predicted molar refractivity (Wildman–Crippen MR) is 121 cm³/mol. The molecule has 1 aliphatic rings. The van der Waals surface area contributed by atoms with Crippen molar-refractivity contribution < 1.29 is 4.79 Å². The number of thiazole rings is 1. The summed E-state index contributed by atoms with van der Waals surface area (Å²) in [6, 6.07) is 7.93. The van der Waals surface area contributed by atoms with E-state index in [1.54, 1.807) is 14.0 Å². The smallest absolute Gasteiger partial charge is 0.277 e. The van der Waals surface area contributed by atoms with E-state index in [0.29, 0.717) is 21.1 Å². The van der Waals surface area contributed by atoms with Gasteiger partial charge < -0.3 is 10.2 Å². The quantitative estimate of drug-likeness (QED) is 0.692. The first kappa shape index (κ1) is 20.3.